The first-order chi connectivity index (χ1) is 9.35. The summed E-state index contributed by atoms with van der Waals surface area (Å²) in [6, 6.07) is 12.5. The molecule has 1 N–H and O–H groups in total. The molecule has 0 saturated carbocycles. The van der Waals surface area contributed by atoms with Gasteiger partial charge < -0.3 is 14.6 Å². The van der Waals surface area contributed by atoms with E-state index in [1.54, 1.807) is 7.11 Å². The Kier molecular flexibility index (Phi) is 5.04. The second kappa shape index (κ2) is 7.00. The molecule has 19 heavy (non-hydrogen) atoms. The number of rotatable bonds is 7. The molecular weight excluding hydrogens is 236 g/mol. The molecule has 0 aliphatic carbocycles. The Morgan fingerprint density at radius 3 is 2.79 bits per heavy atom. The maximum Gasteiger partial charge on any atom is 0.122 e. The minimum atomic E-state index is 0.913. The second-order valence-corrected chi connectivity index (χ2v) is 4.52. The number of ether oxygens (including phenoxy) is 1. The number of methoxy groups -OCH3 is 1. The summed E-state index contributed by atoms with van der Waals surface area (Å²) in [4.78, 5) is 0. The van der Waals surface area contributed by atoms with E-state index in [9.17, 15) is 0 Å². The minimum Gasteiger partial charge on any atom is -0.496 e. The van der Waals surface area contributed by atoms with E-state index in [1.165, 1.54) is 11.3 Å². The third-order valence-corrected chi connectivity index (χ3v) is 3.33. The van der Waals surface area contributed by atoms with Crippen molar-refractivity contribution in [3.63, 3.8) is 0 Å². The van der Waals surface area contributed by atoms with Crippen LogP contribution in [0.15, 0.2) is 42.6 Å². The average Bonchev–Trinajstić information content (AvgIpc) is 2.91. The Morgan fingerprint density at radius 1 is 1.16 bits per heavy atom. The molecule has 0 atom stereocenters. The molecule has 3 nitrogen and oxygen atoms in total. The maximum absolute atomic E-state index is 5.35. The molecule has 3 heteroatoms. The van der Waals surface area contributed by atoms with Gasteiger partial charge in [-0.15, -0.1) is 0 Å². The lowest BCUT2D eigenvalue weighted by Crippen LogP contribution is -2.18. The van der Waals surface area contributed by atoms with Gasteiger partial charge in [-0.05, 0) is 43.7 Å². The zero-order valence-electron chi connectivity index (χ0n) is 11.7. The summed E-state index contributed by atoms with van der Waals surface area (Å²) in [6.45, 7) is 5.06. The predicted octanol–water partition coefficient (Wildman–Crippen LogP) is 2.85. The summed E-state index contributed by atoms with van der Waals surface area (Å²) >= 11 is 0. The van der Waals surface area contributed by atoms with E-state index in [0.717, 1.165) is 31.8 Å². The van der Waals surface area contributed by atoms with Gasteiger partial charge in [0.05, 0.1) is 7.11 Å². The first-order valence-corrected chi connectivity index (χ1v) is 6.81. The SMILES string of the molecule is CCn1cccc1CNCCc1ccccc1OC. The molecule has 1 aromatic carbocycles. The van der Waals surface area contributed by atoms with Crippen molar-refractivity contribution in [3.05, 3.63) is 53.9 Å². The molecule has 0 fully saturated rings. The Balaban J connectivity index is 1.81. The third kappa shape index (κ3) is 3.61. The van der Waals surface area contributed by atoms with Gasteiger partial charge in [0, 0.05) is 25.0 Å². The van der Waals surface area contributed by atoms with Gasteiger partial charge in [0.2, 0.25) is 0 Å². The van der Waals surface area contributed by atoms with Crippen molar-refractivity contribution in [1.29, 1.82) is 0 Å². The molecular formula is C16H22N2O. The van der Waals surface area contributed by atoms with Crippen LogP contribution in [0.1, 0.15) is 18.2 Å². The maximum atomic E-state index is 5.35. The van der Waals surface area contributed by atoms with Crippen molar-refractivity contribution in [2.75, 3.05) is 13.7 Å². The van der Waals surface area contributed by atoms with Gasteiger partial charge in [-0.25, -0.2) is 0 Å². The van der Waals surface area contributed by atoms with Gasteiger partial charge in [-0.3, -0.25) is 0 Å². The largest absolute Gasteiger partial charge is 0.496 e. The summed E-state index contributed by atoms with van der Waals surface area (Å²) in [6.07, 6.45) is 3.11. The molecule has 0 unspecified atom stereocenters. The number of aromatic nitrogens is 1. The Labute approximate surface area is 115 Å². The van der Waals surface area contributed by atoms with E-state index in [2.05, 4.69) is 47.3 Å². The van der Waals surface area contributed by atoms with Gasteiger partial charge >= 0.3 is 0 Å². The lowest BCUT2D eigenvalue weighted by Gasteiger charge is -2.10. The molecule has 2 rings (SSSR count). The van der Waals surface area contributed by atoms with Crippen molar-refractivity contribution in [3.8, 4) is 5.75 Å². The van der Waals surface area contributed by atoms with E-state index in [-0.39, 0.29) is 0 Å². The molecule has 2 aromatic rings. The highest BCUT2D eigenvalue weighted by Gasteiger charge is 2.02. The smallest absolute Gasteiger partial charge is 0.122 e. The first-order valence-electron chi connectivity index (χ1n) is 6.81. The van der Waals surface area contributed by atoms with Crippen LogP contribution < -0.4 is 10.1 Å². The van der Waals surface area contributed by atoms with E-state index < -0.39 is 0 Å². The molecule has 102 valence electrons. The number of benzene rings is 1. The molecule has 0 aliphatic rings. The van der Waals surface area contributed by atoms with Gasteiger partial charge in [0.25, 0.3) is 0 Å². The summed E-state index contributed by atoms with van der Waals surface area (Å²) in [5.74, 6) is 0.973. The van der Waals surface area contributed by atoms with Crippen LogP contribution in [0.2, 0.25) is 0 Å². The topological polar surface area (TPSA) is 26.2 Å². The summed E-state index contributed by atoms with van der Waals surface area (Å²) in [5.41, 5.74) is 2.59. The minimum absolute atomic E-state index is 0.913. The highest BCUT2D eigenvalue weighted by molar-refractivity contribution is 5.33. The highest BCUT2D eigenvalue weighted by atomic mass is 16.5. The standard InChI is InChI=1S/C16H22N2O/c1-3-18-12-6-8-15(18)13-17-11-10-14-7-4-5-9-16(14)19-2/h4-9,12,17H,3,10-11,13H2,1-2H3. The monoisotopic (exact) mass is 258 g/mol. The van der Waals surface area contributed by atoms with Crippen LogP contribution in [0.25, 0.3) is 0 Å². The summed E-state index contributed by atoms with van der Waals surface area (Å²) in [7, 11) is 1.72. The fourth-order valence-electron chi connectivity index (χ4n) is 2.27. The zero-order chi connectivity index (χ0) is 13.5. The van der Waals surface area contributed by atoms with Crippen LogP contribution in [-0.4, -0.2) is 18.2 Å². The zero-order valence-corrected chi connectivity index (χ0v) is 11.7. The fourth-order valence-corrected chi connectivity index (χ4v) is 2.27. The Hall–Kier alpha value is -1.74. The number of nitrogens with one attached hydrogen (secondary N) is 1. The molecule has 0 radical (unpaired) electrons. The van der Waals surface area contributed by atoms with Crippen LogP contribution in [0.5, 0.6) is 5.75 Å². The van der Waals surface area contributed by atoms with E-state index in [4.69, 9.17) is 4.74 Å². The molecule has 0 amide bonds. The predicted molar refractivity (Wildman–Crippen MR) is 78.5 cm³/mol. The number of para-hydroxylation sites is 1. The van der Waals surface area contributed by atoms with Crippen molar-refractivity contribution in [2.24, 2.45) is 0 Å². The van der Waals surface area contributed by atoms with Gasteiger partial charge in [0.1, 0.15) is 5.75 Å². The lowest BCUT2D eigenvalue weighted by atomic mass is 10.1. The summed E-state index contributed by atoms with van der Waals surface area (Å²) in [5, 5.41) is 3.49. The lowest BCUT2D eigenvalue weighted by molar-refractivity contribution is 0.409. The molecule has 0 bridgehead atoms. The molecule has 1 aromatic heterocycles. The van der Waals surface area contributed by atoms with Crippen molar-refractivity contribution < 1.29 is 4.74 Å². The number of hydrogen-bond donors (Lipinski definition) is 1. The highest BCUT2D eigenvalue weighted by Crippen LogP contribution is 2.17. The summed E-state index contributed by atoms with van der Waals surface area (Å²) < 4.78 is 7.61. The molecule has 0 spiro atoms. The molecule has 0 saturated heterocycles. The van der Waals surface area contributed by atoms with Crippen molar-refractivity contribution in [2.45, 2.75) is 26.4 Å². The van der Waals surface area contributed by atoms with Crippen LogP contribution in [0.4, 0.5) is 0 Å². The first kappa shape index (κ1) is 13.7. The van der Waals surface area contributed by atoms with Crippen LogP contribution in [0, 0.1) is 0 Å². The van der Waals surface area contributed by atoms with E-state index in [0.29, 0.717) is 0 Å². The normalized spacial score (nSPS) is 10.6. The van der Waals surface area contributed by atoms with Crippen LogP contribution in [-0.2, 0) is 19.5 Å². The van der Waals surface area contributed by atoms with E-state index >= 15 is 0 Å². The van der Waals surface area contributed by atoms with Gasteiger partial charge in [0.15, 0.2) is 0 Å². The van der Waals surface area contributed by atoms with Crippen LogP contribution >= 0.6 is 0 Å². The average molecular weight is 258 g/mol. The van der Waals surface area contributed by atoms with E-state index in [1.807, 2.05) is 12.1 Å². The second-order valence-electron chi connectivity index (χ2n) is 4.52. The number of nitrogens with zero attached hydrogens (tertiary/aromatic N) is 1. The Bertz CT molecular complexity index is 505. The number of hydrogen-bond acceptors (Lipinski definition) is 2. The quantitative estimate of drug-likeness (QED) is 0.773. The molecule has 1 heterocycles. The van der Waals surface area contributed by atoms with Crippen LogP contribution in [0.3, 0.4) is 0 Å². The van der Waals surface area contributed by atoms with Gasteiger partial charge in [-0.1, -0.05) is 18.2 Å². The van der Waals surface area contributed by atoms with Gasteiger partial charge in [-0.2, -0.15) is 0 Å². The molecule has 0 aliphatic heterocycles. The number of aryl methyl sites for hydroxylation is 1. The van der Waals surface area contributed by atoms with Crippen molar-refractivity contribution >= 4 is 0 Å². The fraction of sp³-hybridized carbons (Fsp3) is 0.375. The third-order valence-electron chi connectivity index (χ3n) is 3.33. The Morgan fingerprint density at radius 2 is 2.00 bits per heavy atom. The van der Waals surface area contributed by atoms with Crippen molar-refractivity contribution in [1.82, 2.24) is 9.88 Å².